The first-order valence-electron chi connectivity index (χ1n) is 9.12. The number of piperidine rings is 1. The average Bonchev–Trinajstić information content (AvgIpc) is 2.96. The fraction of sp³-hybridized carbons (Fsp3) is 0.333. The fourth-order valence-corrected chi connectivity index (χ4v) is 6.26. The van der Waals surface area contributed by atoms with Crippen LogP contribution in [0.25, 0.3) is 0 Å². The molecule has 2 aliphatic rings. The van der Waals surface area contributed by atoms with Gasteiger partial charge >= 0.3 is 0 Å². The van der Waals surface area contributed by atoms with Crippen LogP contribution in [-0.2, 0) is 9.84 Å². The normalized spacial score (nSPS) is 24.4. The molecule has 0 aliphatic carbocycles. The van der Waals surface area contributed by atoms with E-state index in [0.29, 0.717) is 28.9 Å². The highest BCUT2D eigenvalue weighted by Gasteiger charge is 2.47. The highest BCUT2D eigenvalue weighted by Crippen LogP contribution is 2.40. The van der Waals surface area contributed by atoms with Crippen LogP contribution in [0.3, 0.4) is 0 Å². The first kappa shape index (κ1) is 17.7. The summed E-state index contributed by atoms with van der Waals surface area (Å²) in [4.78, 5) is 15.2. The topological polar surface area (TPSA) is 78.2 Å². The van der Waals surface area contributed by atoms with Gasteiger partial charge < -0.3 is 4.90 Å². The summed E-state index contributed by atoms with van der Waals surface area (Å²) in [7, 11) is -3.39. The second-order valence-corrected chi connectivity index (χ2v) is 9.47. The number of carbonyl (C=O) groups is 1. The monoisotopic (exact) mass is 380 g/mol. The third kappa shape index (κ3) is 3.13. The Morgan fingerprint density at radius 3 is 2.30 bits per heavy atom. The molecule has 2 aromatic carbocycles. The van der Waals surface area contributed by atoms with Crippen molar-refractivity contribution in [1.29, 1.82) is 5.26 Å². The number of rotatable bonds is 3. The van der Waals surface area contributed by atoms with E-state index in [0.717, 1.165) is 12.8 Å². The first-order chi connectivity index (χ1) is 13.0. The van der Waals surface area contributed by atoms with E-state index in [2.05, 4.69) is 6.07 Å². The molecule has 3 atom stereocenters. The Morgan fingerprint density at radius 1 is 1.00 bits per heavy atom. The van der Waals surface area contributed by atoms with Gasteiger partial charge in [-0.05, 0) is 56.0 Å². The lowest BCUT2D eigenvalue weighted by Gasteiger charge is -2.38. The van der Waals surface area contributed by atoms with Crippen molar-refractivity contribution in [3.05, 3.63) is 65.7 Å². The minimum atomic E-state index is -3.39. The quantitative estimate of drug-likeness (QED) is 0.819. The van der Waals surface area contributed by atoms with E-state index in [-0.39, 0.29) is 18.0 Å². The van der Waals surface area contributed by atoms with Crippen LogP contribution in [0.4, 0.5) is 0 Å². The lowest BCUT2D eigenvalue weighted by atomic mass is 10.0. The van der Waals surface area contributed by atoms with Crippen LogP contribution in [0, 0.1) is 11.3 Å². The molecule has 0 aromatic heterocycles. The Bertz CT molecular complexity index is 997. The SMILES string of the molecule is N#Cc1cccc(C(=O)N2[C@@H]3CC[C@H]2CC(S(=O)(=O)c2ccccc2)C3)c1. The third-order valence-electron chi connectivity index (χ3n) is 5.67. The maximum atomic E-state index is 13.0. The van der Waals surface area contributed by atoms with Gasteiger partial charge in [0.05, 0.1) is 21.8 Å². The van der Waals surface area contributed by atoms with Crippen molar-refractivity contribution in [3.63, 3.8) is 0 Å². The van der Waals surface area contributed by atoms with Crippen LogP contribution in [0.1, 0.15) is 41.6 Å². The average molecular weight is 380 g/mol. The minimum absolute atomic E-state index is 0.0644. The number of sulfone groups is 1. The zero-order chi connectivity index (χ0) is 19.0. The minimum Gasteiger partial charge on any atom is -0.333 e. The summed E-state index contributed by atoms with van der Waals surface area (Å²) >= 11 is 0. The number of carbonyl (C=O) groups excluding carboxylic acids is 1. The number of benzene rings is 2. The van der Waals surface area contributed by atoms with Crippen molar-refractivity contribution < 1.29 is 13.2 Å². The molecule has 2 fully saturated rings. The first-order valence-corrected chi connectivity index (χ1v) is 10.7. The van der Waals surface area contributed by atoms with E-state index in [1.54, 1.807) is 54.6 Å². The van der Waals surface area contributed by atoms with Crippen molar-refractivity contribution in [2.24, 2.45) is 0 Å². The molecule has 0 saturated carbocycles. The summed E-state index contributed by atoms with van der Waals surface area (Å²) in [5.74, 6) is -0.102. The maximum absolute atomic E-state index is 13.0. The number of nitriles is 1. The summed E-state index contributed by atoms with van der Waals surface area (Å²) in [5, 5.41) is 8.61. The highest BCUT2D eigenvalue weighted by molar-refractivity contribution is 7.92. The number of nitrogens with zero attached hydrogens (tertiary/aromatic N) is 2. The van der Waals surface area contributed by atoms with Crippen molar-refractivity contribution in [1.82, 2.24) is 4.90 Å². The maximum Gasteiger partial charge on any atom is 0.254 e. The molecular formula is C21H20N2O3S. The summed E-state index contributed by atoms with van der Waals surface area (Å²) in [5.41, 5.74) is 0.949. The van der Waals surface area contributed by atoms with Gasteiger partial charge in [0.15, 0.2) is 9.84 Å². The summed E-state index contributed by atoms with van der Waals surface area (Å²) < 4.78 is 26.0. The zero-order valence-electron chi connectivity index (χ0n) is 14.8. The predicted octanol–water partition coefficient (Wildman–Crippen LogP) is 3.17. The molecule has 2 bridgehead atoms. The molecule has 2 aromatic rings. The summed E-state index contributed by atoms with van der Waals surface area (Å²) in [6, 6.07) is 17.2. The second-order valence-electron chi connectivity index (χ2n) is 7.24. The molecule has 1 amide bonds. The zero-order valence-corrected chi connectivity index (χ0v) is 15.6. The summed E-state index contributed by atoms with van der Waals surface area (Å²) in [6.45, 7) is 0. The van der Waals surface area contributed by atoms with E-state index in [4.69, 9.17) is 5.26 Å². The van der Waals surface area contributed by atoms with E-state index < -0.39 is 15.1 Å². The van der Waals surface area contributed by atoms with Crippen LogP contribution < -0.4 is 0 Å². The van der Waals surface area contributed by atoms with Crippen molar-refractivity contribution >= 4 is 15.7 Å². The molecule has 0 N–H and O–H groups in total. The third-order valence-corrected chi connectivity index (χ3v) is 7.87. The molecule has 27 heavy (non-hydrogen) atoms. The molecule has 1 unspecified atom stereocenters. The van der Waals surface area contributed by atoms with Gasteiger partial charge in [0, 0.05) is 17.6 Å². The van der Waals surface area contributed by atoms with Gasteiger partial charge in [-0.15, -0.1) is 0 Å². The van der Waals surface area contributed by atoms with Crippen molar-refractivity contribution in [3.8, 4) is 6.07 Å². The molecule has 5 nitrogen and oxygen atoms in total. The predicted molar refractivity (Wildman–Crippen MR) is 101 cm³/mol. The fourth-order valence-electron chi connectivity index (χ4n) is 4.39. The van der Waals surface area contributed by atoms with Crippen LogP contribution >= 0.6 is 0 Å². The number of hydrogen-bond acceptors (Lipinski definition) is 4. The van der Waals surface area contributed by atoms with Gasteiger partial charge in [-0.2, -0.15) is 5.26 Å². The van der Waals surface area contributed by atoms with E-state index in [9.17, 15) is 13.2 Å². The van der Waals surface area contributed by atoms with Gasteiger partial charge in [0.1, 0.15) is 0 Å². The molecule has 0 radical (unpaired) electrons. The van der Waals surface area contributed by atoms with Crippen LogP contribution in [0.5, 0.6) is 0 Å². The van der Waals surface area contributed by atoms with Gasteiger partial charge in [0.25, 0.3) is 5.91 Å². The Labute approximate surface area is 159 Å². The molecule has 0 spiro atoms. The van der Waals surface area contributed by atoms with Gasteiger partial charge in [-0.1, -0.05) is 24.3 Å². The van der Waals surface area contributed by atoms with Gasteiger partial charge in [0.2, 0.25) is 0 Å². The van der Waals surface area contributed by atoms with Gasteiger partial charge in [-0.25, -0.2) is 8.42 Å². The molecule has 2 saturated heterocycles. The molecule has 138 valence electrons. The van der Waals surface area contributed by atoms with Crippen molar-refractivity contribution in [2.45, 2.75) is 47.9 Å². The molecular weight excluding hydrogens is 360 g/mol. The number of fused-ring (bicyclic) bond motifs is 2. The Hall–Kier alpha value is -2.65. The number of amides is 1. The van der Waals surface area contributed by atoms with Gasteiger partial charge in [-0.3, -0.25) is 4.79 Å². The Balaban J connectivity index is 1.58. The highest BCUT2D eigenvalue weighted by atomic mass is 32.2. The van der Waals surface area contributed by atoms with Crippen LogP contribution in [0.15, 0.2) is 59.5 Å². The Kier molecular flexibility index (Phi) is 4.48. The van der Waals surface area contributed by atoms with Crippen LogP contribution in [-0.4, -0.2) is 36.6 Å². The van der Waals surface area contributed by atoms with Crippen molar-refractivity contribution in [2.75, 3.05) is 0 Å². The molecule has 4 rings (SSSR count). The molecule has 6 heteroatoms. The largest absolute Gasteiger partial charge is 0.333 e. The lowest BCUT2D eigenvalue weighted by molar-refractivity contribution is 0.0598. The number of hydrogen-bond donors (Lipinski definition) is 0. The van der Waals surface area contributed by atoms with E-state index >= 15 is 0 Å². The smallest absolute Gasteiger partial charge is 0.254 e. The standard InChI is InChI=1S/C21H20N2O3S/c22-14-15-5-4-6-16(11-15)21(24)23-17-9-10-18(23)13-20(12-17)27(25,26)19-7-2-1-3-8-19/h1-8,11,17-18,20H,9-10,12-13H2/t17-,18+,20?. The summed E-state index contributed by atoms with van der Waals surface area (Å²) in [6.07, 6.45) is 2.60. The van der Waals surface area contributed by atoms with E-state index in [1.165, 1.54) is 0 Å². The second kappa shape index (κ2) is 6.82. The van der Waals surface area contributed by atoms with E-state index in [1.807, 2.05) is 4.90 Å². The lowest BCUT2D eigenvalue weighted by Crippen LogP contribution is -2.49. The molecule has 2 aliphatic heterocycles. The molecule has 2 heterocycles. The van der Waals surface area contributed by atoms with Crippen LogP contribution in [0.2, 0.25) is 0 Å². The Morgan fingerprint density at radius 2 is 1.67 bits per heavy atom.